The lowest BCUT2D eigenvalue weighted by atomic mass is 10.0. The van der Waals surface area contributed by atoms with Gasteiger partial charge in [0.05, 0.1) is 7.11 Å². The quantitative estimate of drug-likeness (QED) is 0.797. The third-order valence-electron chi connectivity index (χ3n) is 5.20. The lowest BCUT2D eigenvalue weighted by Crippen LogP contribution is -2.48. The minimum Gasteiger partial charge on any atom is -0.481 e. The fourth-order valence-electron chi connectivity index (χ4n) is 3.67. The van der Waals surface area contributed by atoms with Crippen LogP contribution in [0.25, 0.3) is 0 Å². The monoisotopic (exact) mass is 356 g/mol. The zero-order valence-electron chi connectivity index (χ0n) is 15.2. The SMILES string of the molecule is COc1cc(N(C2CC2)C2CCN(c3nccn(C)c3=O)CC2)ncn1. The third-order valence-corrected chi connectivity index (χ3v) is 5.20. The lowest BCUT2D eigenvalue weighted by molar-refractivity contribution is 0.395. The molecule has 3 heterocycles. The van der Waals surface area contributed by atoms with Crippen LogP contribution in [-0.2, 0) is 7.05 Å². The van der Waals surface area contributed by atoms with Gasteiger partial charge in [-0.25, -0.2) is 15.0 Å². The van der Waals surface area contributed by atoms with Gasteiger partial charge >= 0.3 is 0 Å². The van der Waals surface area contributed by atoms with E-state index in [-0.39, 0.29) is 5.56 Å². The molecule has 1 saturated carbocycles. The Hall–Kier alpha value is -2.64. The minimum absolute atomic E-state index is 0.0365. The highest BCUT2D eigenvalue weighted by atomic mass is 16.5. The van der Waals surface area contributed by atoms with Gasteiger partial charge in [-0.15, -0.1) is 0 Å². The van der Waals surface area contributed by atoms with Crippen molar-refractivity contribution in [1.82, 2.24) is 19.5 Å². The van der Waals surface area contributed by atoms with E-state index < -0.39 is 0 Å². The lowest BCUT2D eigenvalue weighted by Gasteiger charge is -2.39. The molecule has 2 aromatic heterocycles. The van der Waals surface area contributed by atoms with Crippen LogP contribution in [-0.4, -0.2) is 51.8 Å². The molecule has 8 heteroatoms. The molecule has 0 bridgehead atoms. The smallest absolute Gasteiger partial charge is 0.293 e. The van der Waals surface area contributed by atoms with Crippen molar-refractivity contribution < 1.29 is 4.74 Å². The second kappa shape index (κ2) is 6.93. The molecule has 138 valence electrons. The average molecular weight is 356 g/mol. The molecule has 0 spiro atoms. The highest BCUT2D eigenvalue weighted by Crippen LogP contribution is 2.36. The van der Waals surface area contributed by atoms with E-state index in [2.05, 4.69) is 24.8 Å². The van der Waals surface area contributed by atoms with Crippen LogP contribution in [0.4, 0.5) is 11.6 Å². The van der Waals surface area contributed by atoms with Gasteiger partial charge in [-0.3, -0.25) is 4.79 Å². The summed E-state index contributed by atoms with van der Waals surface area (Å²) in [5, 5.41) is 0. The maximum absolute atomic E-state index is 12.3. The Kier molecular flexibility index (Phi) is 4.48. The van der Waals surface area contributed by atoms with Crippen molar-refractivity contribution in [3.05, 3.63) is 35.1 Å². The van der Waals surface area contributed by atoms with Gasteiger partial charge in [0.1, 0.15) is 12.1 Å². The molecule has 0 atom stereocenters. The Bertz CT molecular complexity index is 826. The first-order valence-electron chi connectivity index (χ1n) is 9.08. The summed E-state index contributed by atoms with van der Waals surface area (Å²) in [5.41, 5.74) is -0.0365. The fraction of sp³-hybridized carbons (Fsp3) is 0.556. The molecular weight excluding hydrogens is 332 g/mol. The predicted octanol–water partition coefficient (Wildman–Crippen LogP) is 1.22. The Labute approximate surface area is 152 Å². The molecule has 1 saturated heterocycles. The Morgan fingerprint density at radius 1 is 1.12 bits per heavy atom. The molecule has 4 rings (SSSR count). The van der Waals surface area contributed by atoms with Gasteiger partial charge in [-0.1, -0.05) is 0 Å². The zero-order valence-corrected chi connectivity index (χ0v) is 15.2. The third kappa shape index (κ3) is 3.23. The zero-order chi connectivity index (χ0) is 18.1. The largest absolute Gasteiger partial charge is 0.481 e. The van der Waals surface area contributed by atoms with Gasteiger partial charge in [0, 0.05) is 50.7 Å². The molecule has 1 aliphatic carbocycles. The average Bonchev–Trinajstić information content (AvgIpc) is 3.50. The highest BCUT2D eigenvalue weighted by Gasteiger charge is 2.37. The number of aromatic nitrogens is 4. The van der Waals surface area contributed by atoms with Crippen molar-refractivity contribution in [2.75, 3.05) is 30.0 Å². The van der Waals surface area contributed by atoms with E-state index in [1.165, 1.54) is 12.8 Å². The second-order valence-electron chi connectivity index (χ2n) is 6.94. The minimum atomic E-state index is -0.0365. The summed E-state index contributed by atoms with van der Waals surface area (Å²) in [6.07, 6.45) is 9.30. The number of rotatable bonds is 5. The summed E-state index contributed by atoms with van der Waals surface area (Å²) in [4.78, 5) is 29.7. The van der Waals surface area contributed by atoms with E-state index >= 15 is 0 Å². The van der Waals surface area contributed by atoms with Crippen LogP contribution < -0.4 is 20.1 Å². The van der Waals surface area contributed by atoms with E-state index in [0.717, 1.165) is 31.7 Å². The van der Waals surface area contributed by atoms with Gasteiger partial charge in [0.25, 0.3) is 5.56 Å². The number of ether oxygens (including phenoxy) is 1. The molecule has 0 amide bonds. The molecule has 2 aromatic rings. The van der Waals surface area contributed by atoms with Crippen molar-refractivity contribution in [2.24, 2.45) is 7.05 Å². The van der Waals surface area contributed by atoms with Crippen LogP contribution in [0.2, 0.25) is 0 Å². The van der Waals surface area contributed by atoms with E-state index in [0.29, 0.717) is 23.8 Å². The molecule has 2 fully saturated rings. The molecule has 0 radical (unpaired) electrons. The maximum atomic E-state index is 12.3. The molecular formula is C18H24N6O2. The van der Waals surface area contributed by atoms with Gasteiger partial charge in [0.2, 0.25) is 5.88 Å². The maximum Gasteiger partial charge on any atom is 0.293 e. The van der Waals surface area contributed by atoms with E-state index in [9.17, 15) is 4.79 Å². The van der Waals surface area contributed by atoms with Crippen LogP contribution >= 0.6 is 0 Å². The van der Waals surface area contributed by atoms with Crippen molar-refractivity contribution >= 4 is 11.6 Å². The standard InChI is InChI=1S/C18H24N6O2/c1-22-10-7-19-17(18(22)25)23-8-5-14(6-9-23)24(13-3-4-13)15-11-16(26-2)21-12-20-15/h7,10-14H,3-6,8-9H2,1-2H3. The number of methoxy groups -OCH3 is 1. The molecule has 26 heavy (non-hydrogen) atoms. The number of aryl methyl sites for hydroxylation is 1. The first-order valence-corrected chi connectivity index (χ1v) is 9.08. The number of piperidine rings is 1. The van der Waals surface area contributed by atoms with Crippen LogP contribution in [0.15, 0.2) is 29.6 Å². The first-order chi connectivity index (χ1) is 12.7. The molecule has 0 unspecified atom stereocenters. The number of hydrogen-bond donors (Lipinski definition) is 0. The molecule has 0 aromatic carbocycles. The summed E-state index contributed by atoms with van der Waals surface area (Å²) in [6.45, 7) is 1.64. The Morgan fingerprint density at radius 3 is 2.54 bits per heavy atom. The van der Waals surface area contributed by atoms with Crippen LogP contribution in [0.1, 0.15) is 25.7 Å². The van der Waals surface area contributed by atoms with Gasteiger partial charge < -0.3 is 19.1 Å². The number of hydrogen-bond acceptors (Lipinski definition) is 7. The highest BCUT2D eigenvalue weighted by molar-refractivity contribution is 5.46. The fourth-order valence-corrected chi connectivity index (χ4v) is 3.67. The van der Waals surface area contributed by atoms with Gasteiger partial charge in [-0.2, -0.15) is 0 Å². The van der Waals surface area contributed by atoms with Crippen molar-refractivity contribution in [2.45, 2.75) is 37.8 Å². The Morgan fingerprint density at radius 2 is 1.85 bits per heavy atom. The van der Waals surface area contributed by atoms with Gasteiger partial charge in [-0.05, 0) is 25.7 Å². The summed E-state index contributed by atoms with van der Waals surface area (Å²) in [7, 11) is 3.39. The second-order valence-corrected chi connectivity index (χ2v) is 6.94. The van der Waals surface area contributed by atoms with Crippen LogP contribution in [0, 0.1) is 0 Å². The van der Waals surface area contributed by atoms with Crippen LogP contribution in [0.3, 0.4) is 0 Å². The molecule has 0 N–H and O–H groups in total. The van der Waals surface area contributed by atoms with Crippen molar-refractivity contribution in [1.29, 1.82) is 0 Å². The van der Waals surface area contributed by atoms with E-state index in [4.69, 9.17) is 4.74 Å². The molecule has 2 aliphatic rings. The van der Waals surface area contributed by atoms with Crippen molar-refractivity contribution in [3.63, 3.8) is 0 Å². The van der Waals surface area contributed by atoms with Crippen molar-refractivity contribution in [3.8, 4) is 5.88 Å². The summed E-state index contributed by atoms with van der Waals surface area (Å²) in [6, 6.07) is 2.87. The van der Waals surface area contributed by atoms with E-state index in [1.54, 1.807) is 37.4 Å². The van der Waals surface area contributed by atoms with Crippen LogP contribution in [0.5, 0.6) is 5.88 Å². The molecule has 8 nitrogen and oxygen atoms in total. The van der Waals surface area contributed by atoms with E-state index in [1.807, 2.05) is 6.07 Å². The summed E-state index contributed by atoms with van der Waals surface area (Å²) >= 11 is 0. The summed E-state index contributed by atoms with van der Waals surface area (Å²) < 4.78 is 6.84. The molecule has 1 aliphatic heterocycles. The normalized spacial score (nSPS) is 18.0. The Balaban J connectivity index is 1.50. The number of nitrogens with zero attached hydrogens (tertiary/aromatic N) is 6. The predicted molar refractivity (Wildman–Crippen MR) is 98.8 cm³/mol. The topological polar surface area (TPSA) is 76.4 Å². The van der Waals surface area contributed by atoms with Gasteiger partial charge in [0.15, 0.2) is 5.82 Å². The summed E-state index contributed by atoms with van der Waals surface area (Å²) in [5.74, 6) is 2.08. The first kappa shape index (κ1) is 16.8. The number of anilines is 2.